The normalized spacial score (nSPS) is 10.4. The Morgan fingerprint density at radius 2 is 1.65 bits per heavy atom. The molecule has 0 spiro atoms. The Bertz CT molecular complexity index is 668. The summed E-state index contributed by atoms with van der Waals surface area (Å²) in [5, 5.41) is 1.91. The van der Waals surface area contributed by atoms with E-state index in [1.165, 1.54) is 6.07 Å². The Kier molecular flexibility index (Phi) is 4.20. The minimum Gasteiger partial charge on any atom is -0.319 e. The highest BCUT2D eigenvalue weighted by Crippen LogP contribution is 2.31. The lowest BCUT2D eigenvalue weighted by Crippen LogP contribution is -2.15. The molecule has 2 aromatic carbocycles. The lowest BCUT2D eigenvalue weighted by Gasteiger charge is -2.10. The zero-order valence-electron chi connectivity index (χ0n) is 9.68. The maximum absolute atomic E-state index is 13.5. The van der Waals surface area contributed by atoms with Gasteiger partial charge in [-0.1, -0.05) is 29.3 Å². The molecular weight excluding hydrogens is 314 g/mol. The molecule has 0 saturated carbocycles. The second-order valence-electron chi connectivity index (χ2n) is 3.80. The van der Waals surface area contributed by atoms with Gasteiger partial charge in [0.15, 0.2) is 11.6 Å². The molecule has 7 heteroatoms. The van der Waals surface area contributed by atoms with E-state index < -0.39 is 28.9 Å². The van der Waals surface area contributed by atoms with Crippen molar-refractivity contribution < 1.29 is 18.0 Å². The smallest absolute Gasteiger partial charge is 0.258 e. The molecule has 0 atom stereocenters. The van der Waals surface area contributed by atoms with Gasteiger partial charge in [0.2, 0.25) is 0 Å². The van der Waals surface area contributed by atoms with Gasteiger partial charge in [-0.2, -0.15) is 0 Å². The summed E-state index contributed by atoms with van der Waals surface area (Å²) in [6.45, 7) is 0. The fourth-order valence-electron chi connectivity index (χ4n) is 1.52. The van der Waals surface area contributed by atoms with Crippen molar-refractivity contribution >= 4 is 34.8 Å². The van der Waals surface area contributed by atoms with E-state index in [0.29, 0.717) is 0 Å². The second-order valence-corrected chi connectivity index (χ2v) is 4.61. The van der Waals surface area contributed by atoms with Gasteiger partial charge in [-0.3, -0.25) is 4.79 Å². The molecule has 1 N–H and O–H groups in total. The van der Waals surface area contributed by atoms with Gasteiger partial charge in [0, 0.05) is 0 Å². The van der Waals surface area contributed by atoms with Crippen molar-refractivity contribution in [2.24, 2.45) is 0 Å². The lowest BCUT2D eigenvalue weighted by atomic mass is 10.2. The first-order valence-electron chi connectivity index (χ1n) is 5.30. The number of nitrogens with one attached hydrogen (secondary N) is 1. The first-order chi connectivity index (χ1) is 9.40. The van der Waals surface area contributed by atoms with Crippen LogP contribution >= 0.6 is 23.2 Å². The Morgan fingerprint density at radius 1 is 1.05 bits per heavy atom. The predicted octanol–water partition coefficient (Wildman–Crippen LogP) is 4.66. The highest BCUT2D eigenvalue weighted by Gasteiger charge is 2.18. The Balaban J connectivity index is 2.36. The van der Waals surface area contributed by atoms with E-state index in [2.05, 4.69) is 5.32 Å². The molecule has 2 nitrogen and oxygen atoms in total. The highest BCUT2D eigenvalue weighted by atomic mass is 35.5. The fraction of sp³-hybridized carbons (Fsp3) is 0. The predicted molar refractivity (Wildman–Crippen MR) is 70.7 cm³/mol. The minimum absolute atomic E-state index is 0.0802. The first-order valence-corrected chi connectivity index (χ1v) is 6.05. The molecule has 0 aliphatic carbocycles. The summed E-state index contributed by atoms with van der Waals surface area (Å²) in [7, 11) is 0. The summed E-state index contributed by atoms with van der Waals surface area (Å²) >= 11 is 11.5. The topological polar surface area (TPSA) is 29.1 Å². The van der Waals surface area contributed by atoms with Crippen LogP contribution in [0.3, 0.4) is 0 Å². The van der Waals surface area contributed by atoms with Crippen molar-refractivity contribution in [1.29, 1.82) is 0 Å². The third kappa shape index (κ3) is 2.89. The van der Waals surface area contributed by atoms with Crippen LogP contribution in [0.25, 0.3) is 0 Å². The summed E-state index contributed by atoms with van der Waals surface area (Å²) in [6.07, 6.45) is 0. The molecular formula is C13H6Cl2F3NO. The summed E-state index contributed by atoms with van der Waals surface area (Å²) in [5.74, 6) is -4.08. The molecule has 20 heavy (non-hydrogen) atoms. The summed E-state index contributed by atoms with van der Waals surface area (Å²) in [5.41, 5.74) is -0.593. The number of benzene rings is 2. The molecule has 0 aliphatic rings. The van der Waals surface area contributed by atoms with E-state index >= 15 is 0 Å². The van der Waals surface area contributed by atoms with Gasteiger partial charge < -0.3 is 5.32 Å². The molecule has 104 valence electrons. The molecule has 0 unspecified atom stereocenters. The van der Waals surface area contributed by atoms with E-state index in [1.807, 2.05) is 0 Å². The number of carbonyl (C=O) groups excluding carboxylic acids is 1. The van der Waals surface area contributed by atoms with E-state index in [-0.39, 0.29) is 15.7 Å². The standard InChI is InChI=1S/C13H6Cl2F3NO/c14-8-4-6(16)5-9(15)12(8)19-13(20)7-2-1-3-10(17)11(7)18/h1-5H,(H,19,20). The van der Waals surface area contributed by atoms with Crippen LogP contribution in [0.2, 0.25) is 10.0 Å². The van der Waals surface area contributed by atoms with Crippen molar-refractivity contribution in [3.05, 3.63) is 63.4 Å². The number of anilines is 1. The molecule has 2 aromatic rings. The Hall–Kier alpha value is -1.72. The summed E-state index contributed by atoms with van der Waals surface area (Å²) in [6, 6.07) is 5.03. The minimum atomic E-state index is -1.29. The third-order valence-corrected chi connectivity index (χ3v) is 3.04. The van der Waals surface area contributed by atoms with Crippen LogP contribution in [0.4, 0.5) is 18.9 Å². The molecule has 0 saturated heterocycles. The second kappa shape index (κ2) is 5.73. The quantitative estimate of drug-likeness (QED) is 0.856. The van der Waals surface area contributed by atoms with Gasteiger partial charge in [0.1, 0.15) is 5.82 Å². The van der Waals surface area contributed by atoms with Crippen LogP contribution in [-0.4, -0.2) is 5.91 Å². The van der Waals surface area contributed by atoms with Gasteiger partial charge in [-0.25, -0.2) is 13.2 Å². The van der Waals surface area contributed by atoms with E-state index in [9.17, 15) is 18.0 Å². The summed E-state index contributed by atoms with van der Waals surface area (Å²) < 4.78 is 39.5. The number of hydrogen-bond acceptors (Lipinski definition) is 1. The van der Waals surface area contributed by atoms with E-state index in [4.69, 9.17) is 23.2 Å². The molecule has 1 amide bonds. The molecule has 0 radical (unpaired) electrons. The van der Waals surface area contributed by atoms with Crippen molar-refractivity contribution in [2.45, 2.75) is 0 Å². The number of amides is 1. The molecule has 2 rings (SSSR count). The maximum atomic E-state index is 13.5. The highest BCUT2D eigenvalue weighted by molar-refractivity contribution is 6.40. The van der Waals surface area contributed by atoms with Gasteiger partial charge in [0.25, 0.3) is 5.91 Å². The third-order valence-electron chi connectivity index (χ3n) is 2.44. The molecule has 0 aliphatic heterocycles. The number of hydrogen-bond donors (Lipinski definition) is 1. The maximum Gasteiger partial charge on any atom is 0.258 e. The largest absolute Gasteiger partial charge is 0.319 e. The van der Waals surface area contributed by atoms with Crippen molar-refractivity contribution in [1.82, 2.24) is 0 Å². The van der Waals surface area contributed by atoms with Crippen LogP contribution in [0.5, 0.6) is 0 Å². The summed E-state index contributed by atoms with van der Waals surface area (Å²) in [4.78, 5) is 11.8. The van der Waals surface area contributed by atoms with Crippen molar-refractivity contribution in [2.75, 3.05) is 5.32 Å². The van der Waals surface area contributed by atoms with Gasteiger partial charge in [-0.05, 0) is 24.3 Å². The van der Waals surface area contributed by atoms with Crippen LogP contribution in [-0.2, 0) is 0 Å². The van der Waals surface area contributed by atoms with Crippen molar-refractivity contribution in [3.8, 4) is 0 Å². The average molecular weight is 320 g/mol. The van der Waals surface area contributed by atoms with Crippen LogP contribution in [0.15, 0.2) is 30.3 Å². The molecule has 0 bridgehead atoms. The SMILES string of the molecule is O=C(Nc1c(Cl)cc(F)cc1Cl)c1cccc(F)c1F. The Labute approximate surface area is 122 Å². The molecule has 0 fully saturated rings. The van der Waals surface area contributed by atoms with Crippen LogP contribution in [0, 0.1) is 17.5 Å². The lowest BCUT2D eigenvalue weighted by molar-refractivity contribution is 0.102. The van der Waals surface area contributed by atoms with Crippen LogP contribution in [0.1, 0.15) is 10.4 Å². The monoisotopic (exact) mass is 319 g/mol. The zero-order valence-corrected chi connectivity index (χ0v) is 11.2. The average Bonchev–Trinajstić information content (AvgIpc) is 2.36. The van der Waals surface area contributed by atoms with Gasteiger partial charge >= 0.3 is 0 Å². The molecule has 0 aromatic heterocycles. The van der Waals surface area contributed by atoms with Crippen LogP contribution < -0.4 is 5.32 Å². The Morgan fingerprint density at radius 3 is 2.25 bits per heavy atom. The fourth-order valence-corrected chi connectivity index (χ4v) is 2.08. The first kappa shape index (κ1) is 14.7. The zero-order chi connectivity index (χ0) is 14.9. The number of rotatable bonds is 2. The molecule has 0 heterocycles. The van der Waals surface area contributed by atoms with E-state index in [1.54, 1.807) is 0 Å². The number of halogens is 5. The van der Waals surface area contributed by atoms with Crippen molar-refractivity contribution in [3.63, 3.8) is 0 Å². The van der Waals surface area contributed by atoms with Gasteiger partial charge in [-0.15, -0.1) is 0 Å². The number of carbonyl (C=O) groups is 1. The van der Waals surface area contributed by atoms with Gasteiger partial charge in [0.05, 0.1) is 21.3 Å². The van der Waals surface area contributed by atoms with E-state index in [0.717, 1.165) is 24.3 Å².